The summed E-state index contributed by atoms with van der Waals surface area (Å²) < 4.78 is 13.4. The lowest BCUT2D eigenvalue weighted by Gasteiger charge is -2.22. The molecule has 0 fully saturated rings. The number of benzene rings is 3. The molecule has 1 unspecified atom stereocenters. The normalized spacial score (nSPS) is 11.7. The fourth-order valence-electron chi connectivity index (χ4n) is 3.17. The van der Waals surface area contributed by atoms with Gasteiger partial charge in [-0.25, -0.2) is 9.37 Å². The molecular weight excluding hydrogens is 335 g/mol. The maximum absolute atomic E-state index is 13.4. The third-order valence-electron chi connectivity index (χ3n) is 4.51. The highest BCUT2D eigenvalue weighted by molar-refractivity contribution is 5.75. The van der Waals surface area contributed by atoms with E-state index < -0.39 is 0 Å². The molecule has 1 N–H and O–H groups in total. The van der Waals surface area contributed by atoms with Gasteiger partial charge in [0.05, 0.1) is 6.04 Å². The van der Waals surface area contributed by atoms with Crippen LogP contribution in [0.15, 0.2) is 103 Å². The summed E-state index contributed by atoms with van der Waals surface area (Å²) in [6.07, 6.45) is 1.78. The van der Waals surface area contributed by atoms with Crippen LogP contribution >= 0.6 is 0 Å². The fraction of sp³-hybridized carbons (Fsp3) is 0.0417. The van der Waals surface area contributed by atoms with Crippen LogP contribution in [0.3, 0.4) is 0 Å². The zero-order valence-corrected chi connectivity index (χ0v) is 14.7. The first-order valence-corrected chi connectivity index (χ1v) is 8.88. The van der Waals surface area contributed by atoms with E-state index in [1.54, 1.807) is 6.20 Å². The molecule has 4 aromatic rings. The van der Waals surface area contributed by atoms with Crippen molar-refractivity contribution in [2.24, 2.45) is 0 Å². The standard InChI is InChI=1S/C24H19FN2/c25-21-15-13-20(14-16-21)23(19-10-5-2-6-11-19)27-24-22(12-7-17-26-24)18-8-3-1-4-9-18/h1-17,23H,(H,26,27). The van der Waals surface area contributed by atoms with E-state index in [1.807, 2.05) is 54.6 Å². The molecule has 0 amide bonds. The van der Waals surface area contributed by atoms with Crippen molar-refractivity contribution in [3.63, 3.8) is 0 Å². The quantitative estimate of drug-likeness (QED) is 0.469. The minimum absolute atomic E-state index is 0.135. The van der Waals surface area contributed by atoms with Crippen LogP contribution in [0.5, 0.6) is 0 Å². The monoisotopic (exact) mass is 354 g/mol. The third kappa shape index (κ3) is 3.87. The van der Waals surface area contributed by atoms with Gasteiger partial charge in [-0.2, -0.15) is 0 Å². The highest BCUT2D eigenvalue weighted by Crippen LogP contribution is 2.31. The Hall–Kier alpha value is -3.46. The Balaban J connectivity index is 1.76. The van der Waals surface area contributed by atoms with Crippen molar-refractivity contribution < 1.29 is 4.39 Å². The number of hydrogen-bond donors (Lipinski definition) is 1. The van der Waals surface area contributed by atoms with E-state index in [4.69, 9.17) is 0 Å². The van der Waals surface area contributed by atoms with Crippen molar-refractivity contribution in [2.45, 2.75) is 6.04 Å². The Morgan fingerprint density at radius 3 is 2.00 bits per heavy atom. The molecule has 2 nitrogen and oxygen atoms in total. The van der Waals surface area contributed by atoms with Crippen LogP contribution in [0.1, 0.15) is 17.2 Å². The summed E-state index contributed by atoms with van der Waals surface area (Å²) in [7, 11) is 0. The Morgan fingerprint density at radius 1 is 0.667 bits per heavy atom. The summed E-state index contributed by atoms with van der Waals surface area (Å²) in [5.41, 5.74) is 4.20. The van der Waals surface area contributed by atoms with Gasteiger partial charge in [-0.05, 0) is 41.0 Å². The zero-order valence-electron chi connectivity index (χ0n) is 14.7. The van der Waals surface area contributed by atoms with Crippen LogP contribution in [0.4, 0.5) is 10.2 Å². The highest BCUT2D eigenvalue weighted by Gasteiger charge is 2.17. The number of aromatic nitrogens is 1. The van der Waals surface area contributed by atoms with Crippen molar-refractivity contribution in [3.8, 4) is 11.1 Å². The number of nitrogens with zero attached hydrogens (tertiary/aromatic N) is 1. The summed E-state index contributed by atoms with van der Waals surface area (Å²) >= 11 is 0. The molecule has 4 rings (SSSR count). The van der Waals surface area contributed by atoms with Crippen LogP contribution in [0, 0.1) is 5.82 Å². The zero-order chi connectivity index (χ0) is 18.5. The van der Waals surface area contributed by atoms with E-state index in [0.29, 0.717) is 0 Å². The lowest BCUT2D eigenvalue weighted by Crippen LogP contribution is -2.14. The van der Waals surface area contributed by atoms with E-state index in [2.05, 4.69) is 40.6 Å². The minimum Gasteiger partial charge on any atom is -0.359 e. The van der Waals surface area contributed by atoms with Gasteiger partial charge >= 0.3 is 0 Å². The average Bonchev–Trinajstić information content (AvgIpc) is 2.74. The smallest absolute Gasteiger partial charge is 0.134 e. The maximum Gasteiger partial charge on any atom is 0.134 e. The molecule has 3 heteroatoms. The summed E-state index contributed by atoms with van der Waals surface area (Å²) in [6.45, 7) is 0. The predicted molar refractivity (Wildman–Crippen MR) is 108 cm³/mol. The third-order valence-corrected chi connectivity index (χ3v) is 4.51. The van der Waals surface area contributed by atoms with Crippen molar-refractivity contribution in [3.05, 3.63) is 120 Å². The average molecular weight is 354 g/mol. The van der Waals surface area contributed by atoms with Crippen LogP contribution in [-0.4, -0.2) is 4.98 Å². The summed E-state index contributed by atoms with van der Waals surface area (Å²) in [6, 6.07) is 30.7. The molecule has 1 aromatic heterocycles. The van der Waals surface area contributed by atoms with E-state index in [0.717, 1.165) is 28.1 Å². The second-order valence-corrected chi connectivity index (χ2v) is 6.31. The molecule has 27 heavy (non-hydrogen) atoms. The van der Waals surface area contributed by atoms with Gasteiger partial charge in [0.1, 0.15) is 11.6 Å². The second-order valence-electron chi connectivity index (χ2n) is 6.31. The van der Waals surface area contributed by atoms with Gasteiger partial charge in [0, 0.05) is 11.8 Å². The summed E-state index contributed by atoms with van der Waals surface area (Å²) in [4.78, 5) is 4.58. The van der Waals surface area contributed by atoms with Crippen LogP contribution in [0.25, 0.3) is 11.1 Å². The summed E-state index contributed by atoms with van der Waals surface area (Å²) in [5.74, 6) is 0.551. The lowest BCUT2D eigenvalue weighted by molar-refractivity contribution is 0.626. The van der Waals surface area contributed by atoms with Gasteiger partial charge in [0.15, 0.2) is 0 Å². The van der Waals surface area contributed by atoms with Crippen molar-refractivity contribution in [1.82, 2.24) is 4.98 Å². The first-order valence-electron chi connectivity index (χ1n) is 8.88. The molecule has 0 aliphatic rings. The minimum atomic E-state index is -0.242. The number of anilines is 1. The first-order chi connectivity index (χ1) is 13.3. The van der Waals surface area contributed by atoms with Gasteiger partial charge in [-0.1, -0.05) is 72.8 Å². The van der Waals surface area contributed by atoms with Crippen molar-refractivity contribution in [1.29, 1.82) is 0 Å². The molecule has 0 bridgehead atoms. The molecule has 132 valence electrons. The number of halogens is 1. The number of hydrogen-bond acceptors (Lipinski definition) is 2. The van der Waals surface area contributed by atoms with Crippen molar-refractivity contribution >= 4 is 5.82 Å². The number of pyridine rings is 1. The van der Waals surface area contributed by atoms with E-state index in [9.17, 15) is 4.39 Å². The number of rotatable bonds is 5. The van der Waals surface area contributed by atoms with E-state index in [-0.39, 0.29) is 11.9 Å². The van der Waals surface area contributed by atoms with Crippen LogP contribution in [-0.2, 0) is 0 Å². The molecule has 0 saturated carbocycles. The molecule has 0 aliphatic heterocycles. The fourth-order valence-corrected chi connectivity index (χ4v) is 3.17. The van der Waals surface area contributed by atoms with Gasteiger partial charge in [-0.15, -0.1) is 0 Å². The SMILES string of the molecule is Fc1ccc(C(Nc2ncccc2-c2ccccc2)c2ccccc2)cc1. The molecule has 0 saturated heterocycles. The second kappa shape index (κ2) is 7.83. The Bertz CT molecular complexity index is 999. The van der Waals surface area contributed by atoms with Gasteiger partial charge in [0.25, 0.3) is 0 Å². The van der Waals surface area contributed by atoms with E-state index >= 15 is 0 Å². The first kappa shape index (κ1) is 17.0. The largest absolute Gasteiger partial charge is 0.359 e. The molecule has 0 aliphatic carbocycles. The molecule has 1 heterocycles. The topological polar surface area (TPSA) is 24.9 Å². The van der Waals surface area contributed by atoms with Crippen molar-refractivity contribution in [2.75, 3.05) is 5.32 Å². The Kier molecular flexibility index (Phi) is 4.93. The van der Waals surface area contributed by atoms with Gasteiger partial charge in [-0.3, -0.25) is 0 Å². The molecule has 0 spiro atoms. The molecular formula is C24H19FN2. The van der Waals surface area contributed by atoms with Crippen LogP contribution in [0.2, 0.25) is 0 Å². The Morgan fingerprint density at radius 2 is 1.30 bits per heavy atom. The lowest BCUT2D eigenvalue weighted by atomic mass is 9.98. The van der Waals surface area contributed by atoms with Crippen LogP contribution < -0.4 is 5.32 Å². The predicted octanol–water partition coefficient (Wildman–Crippen LogP) is 6.09. The molecule has 0 radical (unpaired) electrons. The van der Waals surface area contributed by atoms with Gasteiger partial charge < -0.3 is 5.32 Å². The summed E-state index contributed by atoms with van der Waals surface area (Å²) in [5, 5.41) is 3.56. The Labute approximate surface area is 158 Å². The molecule has 3 aromatic carbocycles. The highest BCUT2D eigenvalue weighted by atomic mass is 19.1. The van der Waals surface area contributed by atoms with E-state index in [1.165, 1.54) is 12.1 Å². The maximum atomic E-state index is 13.4. The number of nitrogens with one attached hydrogen (secondary N) is 1. The molecule has 1 atom stereocenters. The van der Waals surface area contributed by atoms with Gasteiger partial charge in [0.2, 0.25) is 0 Å².